The van der Waals surface area contributed by atoms with Gasteiger partial charge in [0, 0.05) is 13.5 Å². The molecule has 1 saturated heterocycles. The minimum atomic E-state index is -4.20. The van der Waals surface area contributed by atoms with E-state index in [-0.39, 0.29) is 31.2 Å². The summed E-state index contributed by atoms with van der Waals surface area (Å²) in [5.41, 5.74) is 0. The molecule has 1 aliphatic heterocycles. The maximum atomic E-state index is 12.4. The van der Waals surface area contributed by atoms with Crippen molar-refractivity contribution in [2.45, 2.75) is 31.5 Å². The number of amides is 1. The Morgan fingerprint density at radius 1 is 1.47 bits per heavy atom. The lowest BCUT2D eigenvalue weighted by Crippen LogP contribution is -2.48. The molecule has 0 aliphatic carbocycles. The Bertz CT molecular complexity index is 263. The molecule has 1 fully saturated rings. The molecule has 1 N–H and O–H groups in total. The standard InChI is InChI=1S/C10H17F3N2O2/c1-15(17-2)9(16)5-7-3-4-8(14-6-7)10(11,12)13/h7-8,14H,3-6H2,1-2H3/t7-,8+/m0/s1. The van der Waals surface area contributed by atoms with Gasteiger partial charge in [0.05, 0.1) is 7.11 Å². The van der Waals surface area contributed by atoms with Gasteiger partial charge in [-0.05, 0) is 25.3 Å². The minimum absolute atomic E-state index is 0.0259. The van der Waals surface area contributed by atoms with Gasteiger partial charge in [-0.15, -0.1) is 0 Å². The molecule has 1 aliphatic rings. The van der Waals surface area contributed by atoms with Crippen molar-refractivity contribution in [3.63, 3.8) is 0 Å². The first-order valence-electron chi connectivity index (χ1n) is 5.45. The summed E-state index contributed by atoms with van der Waals surface area (Å²) in [7, 11) is 2.85. The van der Waals surface area contributed by atoms with Crippen LogP contribution in [0.5, 0.6) is 0 Å². The molecular weight excluding hydrogens is 237 g/mol. The highest BCUT2D eigenvalue weighted by molar-refractivity contribution is 5.75. The van der Waals surface area contributed by atoms with Gasteiger partial charge in [0.1, 0.15) is 6.04 Å². The highest BCUT2D eigenvalue weighted by Gasteiger charge is 2.41. The van der Waals surface area contributed by atoms with Crippen LogP contribution in [0.25, 0.3) is 0 Å². The molecule has 0 aromatic carbocycles. The van der Waals surface area contributed by atoms with E-state index in [1.54, 1.807) is 0 Å². The number of alkyl halides is 3. The molecule has 0 spiro atoms. The van der Waals surface area contributed by atoms with E-state index in [2.05, 4.69) is 5.32 Å². The number of hydrogen-bond acceptors (Lipinski definition) is 3. The third-order valence-corrected chi connectivity index (χ3v) is 3.00. The summed E-state index contributed by atoms with van der Waals surface area (Å²) in [4.78, 5) is 16.2. The summed E-state index contributed by atoms with van der Waals surface area (Å²) in [5, 5.41) is 3.53. The molecule has 0 aromatic rings. The molecule has 7 heteroatoms. The fraction of sp³-hybridized carbons (Fsp3) is 0.900. The fourth-order valence-corrected chi connectivity index (χ4v) is 1.85. The molecule has 2 atom stereocenters. The first kappa shape index (κ1) is 14.2. The van der Waals surface area contributed by atoms with E-state index < -0.39 is 12.2 Å². The third-order valence-electron chi connectivity index (χ3n) is 3.00. The van der Waals surface area contributed by atoms with Crippen LogP contribution in [0.3, 0.4) is 0 Å². The highest BCUT2D eigenvalue weighted by Crippen LogP contribution is 2.29. The Labute approximate surface area is 98.1 Å². The number of hydroxylamine groups is 2. The second-order valence-corrected chi connectivity index (χ2v) is 4.22. The van der Waals surface area contributed by atoms with Gasteiger partial charge in [0.25, 0.3) is 0 Å². The van der Waals surface area contributed by atoms with E-state index >= 15 is 0 Å². The molecule has 1 amide bonds. The smallest absolute Gasteiger partial charge is 0.306 e. The van der Waals surface area contributed by atoms with E-state index in [4.69, 9.17) is 4.84 Å². The number of piperidine rings is 1. The Hall–Kier alpha value is -0.820. The molecule has 1 rings (SSSR count). The molecule has 4 nitrogen and oxygen atoms in total. The molecule has 0 unspecified atom stereocenters. The Morgan fingerprint density at radius 2 is 2.12 bits per heavy atom. The van der Waals surface area contributed by atoms with Gasteiger partial charge in [-0.2, -0.15) is 13.2 Å². The number of nitrogens with zero attached hydrogens (tertiary/aromatic N) is 1. The number of hydrogen-bond donors (Lipinski definition) is 1. The van der Waals surface area contributed by atoms with Crippen LogP contribution in [-0.2, 0) is 9.63 Å². The monoisotopic (exact) mass is 254 g/mol. The quantitative estimate of drug-likeness (QED) is 0.772. The largest absolute Gasteiger partial charge is 0.403 e. The van der Waals surface area contributed by atoms with Crippen molar-refractivity contribution in [3.05, 3.63) is 0 Å². The fourth-order valence-electron chi connectivity index (χ4n) is 1.85. The maximum Gasteiger partial charge on any atom is 0.403 e. The summed E-state index contributed by atoms with van der Waals surface area (Å²) in [6.45, 7) is 0.216. The molecule has 100 valence electrons. The predicted octanol–water partition coefficient (Wildman–Crippen LogP) is 1.33. The molecule has 0 saturated carbocycles. The van der Waals surface area contributed by atoms with Crippen LogP contribution < -0.4 is 5.32 Å². The van der Waals surface area contributed by atoms with Gasteiger partial charge < -0.3 is 5.32 Å². The summed E-state index contributed by atoms with van der Waals surface area (Å²) in [6, 6.07) is -1.44. The average molecular weight is 254 g/mol. The van der Waals surface area contributed by atoms with Crippen LogP contribution in [0.2, 0.25) is 0 Å². The number of rotatable bonds is 3. The minimum Gasteiger partial charge on any atom is -0.306 e. The van der Waals surface area contributed by atoms with Crippen LogP contribution in [0.1, 0.15) is 19.3 Å². The van der Waals surface area contributed by atoms with Crippen LogP contribution in [0.4, 0.5) is 13.2 Å². The van der Waals surface area contributed by atoms with Crippen molar-refractivity contribution in [2.24, 2.45) is 5.92 Å². The summed E-state index contributed by atoms with van der Waals surface area (Å²) < 4.78 is 37.1. The number of carbonyl (C=O) groups is 1. The number of nitrogens with one attached hydrogen (secondary N) is 1. The zero-order chi connectivity index (χ0) is 13.1. The Kier molecular flexibility index (Phi) is 4.76. The van der Waals surface area contributed by atoms with E-state index in [9.17, 15) is 18.0 Å². The van der Waals surface area contributed by atoms with Crippen LogP contribution in [0.15, 0.2) is 0 Å². The average Bonchev–Trinajstić information content (AvgIpc) is 2.27. The molecule has 17 heavy (non-hydrogen) atoms. The number of halogens is 3. The zero-order valence-electron chi connectivity index (χ0n) is 9.88. The van der Waals surface area contributed by atoms with Crippen molar-refractivity contribution < 1.29 is 22.8 Å². The van der Waals surface area contributed by atoms with E-state index in [1.807, 2.05) is 0 Å². The van der Waals surface area contributed by atoms with Crippen molar-refractivity contribution in [3.8, 4) is 0 Å². The predicted molar refractivity (Wildman–Crippen MR) is 55.0 cm³/mol. The van der Waals surface area contributed by atoms with Gasteiger partial charge in [0.2, 0.25) is 5.91 Å². The van der Waals surface area contributed by atoms with Gasteiger partial charge >= 0.3 is 6.18 Å². The van der Waals surface area contributed by atoms with E-state index in [0.717, 1.165) is 5.06 Å². The van der Waals surface area contributed by atoms with Crippen molar-refractivity contribution in [1.82, 2.24) is 10.4 Å². The van der Waals surface area contributed by atoms with Gasteiger partial charge in [-0.3, -0.25) is 9.63 Å². The first-order chi connectivity index (χ1) is 7.84. The molecular formula is C10H17F3N2O2. The molecule has 0 bridgehead atoms. The lowest BCUT2D eigenvalue weighted by molar-refractivity contribution is -0.171. The van der Waals surface area contributed by atoms with Crippen LogP contribution >= 0.6 is 0 Å². The van der Waals surface area contributed by atoms with E-state index in [0.29, 0.717) is 6.42 Å². The number of carbonyl (C=O) groups excluding carboxylic acids is 1. The van der Waals surface area contributed by atoms with Gasteiger partial charge in [0.15, 0.2) is 0 Å². The summed E-state index contributed by atoms with van der Waals surface area (Å²) >= 11 is 0. The summed E-state index contributed by atoms with van der Waals surface area (Å²) in [5.74, 6) is -0.275. The SMILES string of the molecule is CON(C)C(=O)C[C@@H]1CC[C@H](C(F)(F)F)NC1. The second kappa shape index (κ2) is 5.68. The molecule has 0 radical (unpaired) electrons. The first-order valence-corrected chi connectivity index (χ1v) is 5.45. The van der Waals surface area contributed by atoms with E-state index in [1.165, 1.54) is 14.2 Å². The lowest BCUT2D eigenvalue weighted by atomic mass is 9.91. The van der Waals surface area contributed by atoms with Crippen LogP contribution in [-0.4, -0.2) is 43.9 Å². The zero-order valence-corrected chi connectivity index (χ0v) is 9.88. The third kappa shape index (κ3) is 4.16. The Morgan fingerprint density at radius 3 is 2.53 bits per heavy atom. The lowest BCUT2D eigenvalue weighted by Gasteiger charge is -2.31. The molecule has 0 aromatic heterocycles. The molecule has 1 heterocycles. The van der Waals surface area contributed by atoms with Crippen molar-refractivity contribution in [1.29, 1.82) is 0 Å². The van der Waals surface area contributed by atoms with Gasteiger partial charge in [-0.1, -0.05) is 0 Å². The van der Waals surface area contributed by atoms with Crippen molar-refractivity contribution >= 4 is 5.91 Å². The maximum absolute atomic E-state index is 12.4. The normalized spacial score (nSPS) is 25.7. The Balaban J connectivity index is 2.35. The van der Waals surface area contributed by atoms with Crippen LogP contribution in [0, 0.1) is 5.92 Å². The highest BCUT2D eigenvalue weighted by atomic mass is 19.4. The topological polar surface area (TPSA) is 41.6 Å². The second-order valence-electron chi connectivity index (χ2n) is 4.22. The van der Waals surface area contributed by atoms with Gasteiger partial charge in [-0.25, -0.2) is 5.06 Å². The summed E-state index contributed by atoms with van der Waals surface area (Å²) in [6.07, 6.45) is -3.56. The van der Waals surface area contributed by atoms with Crippen molar-refractivity contribution in [2.75, 3.05) is 20.7 Å².